The second kappa shape index (κ2) is 7.09. The van der Waals surface area contributed by atoms with E-state index in [0.29, 0.717) is 35.6 Å². The van der Waals surface area contributed by atoms with Crippen molar-refractivity contribution < 1.29 is 8.42 Å². The molecule has 6 heteroatoms. The van der Waals surface area contributed by atoms with Crippen LogP contribution in [0.1, 0.15) is 38.7 Å². The molecule has 0 saturated carbocycles. The minimum Gasteiger partial charge on any atom is -0.310 e. The van der Waals surface area contributed by atoms with Crippen molar-refractivity contribution in [1.29, 1.82) is 0 Å². The van der Waals surface area contributed by atoms with Crippen LogP contribution < -0.4 is 5.32 Å². The molecule has 0 aromatic heterocycles. The third-order valence-corrected chi connectivity index (χ3v) is 5.92. The highest BCUT2D eigenvalue weighted by atomic mass is 35.5. The van der Waals surface area contributed by atoms with E-state index in [9.17, 15) is 8.42 Å². The number of hydrogen-bond acceptors (Lipinski definition) is 3. The molecule has 0 radical (unpaired) electrons. The fourth-order valence-corrected chi connectivity index (χ4v) is 4.26. The lowest BCUT2D eigenvalue weighted by molar-refractivity contribution is 0.346. The Balaban J connectivity index is 2.18. The van der Waals surface area contributed by atoms with E-state index in [-0.39, 0.29) is 0 Å². The first-order valence-electron chi connectivity index (χ1n) is 7.43. The van der Waals surface area contributed by atoms with Crippen molar-refractivity contribution in [3.8, 4) is 0 Å². The van der Waals surface area contributed by atoms with E-state index in [1.165, 1.54) is 0 Å². The summed E-state index contributed by atoms with van der Waals surface area (Å²) in [6.07, 6.45) is 2.97. The molecule has 1 heterocycles. The fourth-order valence-electron chi connectivity index (χ4n) is 2.40. The predicted molar refractivity (Wildman–Crippen MR) is 86.0 cm³/mol. The highest BCUT2D eigenvalue weighted by Crippen LogP contribution is 2.25. The van der Waals surface area contributed by atoms with Crippen molar-refractivity contribution in [2.75, 3.05) is 13.1 Å². The van der Waals surface area contributed by atoms with Crippen molar-refractivity contribution >= 4 is 21.6 Å². The zero-order chi connectivity index (χ0) is 15.5. The van der Waals surface area contributed by atoms with Crippen LogP contribution in [0.3, 0.4) is 0 Å². The molecule has 1 aliphatic heterocycles. The SMILES string of the molecule is CC(C)NCc1ccc(S(=O)(=O)N2CCCCC2)cc1Cl. The van der Waals surface area contributed by atoms with E-state index in [2.05, 4.69) is 19.2 Å². The van der Waals surface area contributed by atoms with Gasteiger partial charge < -0.3 is 5.32 Å². The normalized spacial score (nSPS) is 17.3. The summed E-state index contributed by atoms with van der Waals surface area (Å²) in [6.45, 7) is 5.97. The Labute approximate surface area is 132 Å². The summed E-state index contributed by atoms with van der Waals surface area (Å²) in [7, 11) is -3.40. The lowest BCUT2D eigenvalue weighted by Gasteiger charge is -2.26. The summed E-state index contributed by atoms with van der Waals surface area (Å²) >= 11 is 6.23. The van der Waals surface area contributed by atoms with Gasteiger partial charge in [-0.25, -0.2) is 8.42 Å². The molecule has 2 rings (SSSR count). The fraction of sp³-hybridized carbons (Fsp3) is 0.600. The van der Waals surface area contributed by atoms with Crippen LogP contribution in [-0.4, -0.2) is 31.9 Å². The van der Waals surface area contributed by atoms with Gasteiger partial charge in [-0.15, -0.1) is 0 Å². The smallest absolute Gasteiger partial charge is 0.243 e. The molecule has 0 spiro atoms. The van der Waals surface area contributed by atoms with E-state index in [0.717, 1.165) is 24.8 Å². The van der Waals surface area contributed by atoms with Crippen LogP contribution in [0.25, 0.3) is 0 Å². The number of halogens is 1. The van der Waals surface area contributed by atoms with Gasteiger partial charge in [-0.2, -0.15) is 4.31 Å². The van der Waals surface area contributed by atoms with E-state index in [4.69, 9.17) is 11.6 Å². The predicted octanol–water partition coefficient (Wildman–Crippen LogP) is 3.01. The molecule has 0 aliphatic carbocycles. The number of hydrogen-bond donors (Lipinski definition) is 1. The van der Waals surface area contributed by atoms with E-state index in [1.54, 1.807) is 22.5 Å². The van der Waals surface area contributed by atoms with Gasteiger partial charge in [0.1, 0.15) is 0 Å². The van der Waals surface area contributed by atoms with Crippen molar-refractivity contribution in [2.45, 2.75) is 50.6 Å². The molecule has 4 nitrogen and oxygen atoms in total. The Bertz CT molecular complexity index is 581. The van der Waals surface area contributed by atoms with E-state index < -0.39 is 10.0 Å². The molecular weight excluding hydrogens is 308 g/mol. The first-order chi connectivity index (χ1) is 9.91. The molecule has 0 atom stereocenters. The van der Waals surface area contributed by atoms with Crippen LogP contribution in [0.4, 0.5) is 0 Å². The number of nitrogens with zero attached hydrogens (tertiary/aromatic N) is 1. The Morgan fingerprint density at radius 2 is 1.90 bits per heavy atom. The topological polar surface area (TPSA) is 49.4 Å². The van der Waals surface area contributed by atoms with Crippen LogP contribution in [0, 0.1) is 0 Å². The summed E-state index contributed by atoms with van der Waals surface area (Å²) < 4.78 is 26.7. The number of sulfonamides is 1. The Hall–Kier alpha value is -0.620. The Kier molecular flexibility index (Phi) is 5.66. The van der Waals surface area contributed by atoms with Gasteiger partial charge >= 0.3 is 0 Å². The van der Waals surface area contributed by atoms with E-state index in [1.807, 2.05) is 0 Å². The number of rotatable bonds is 5. The van der Waals surface area contributed by atoms with Crippen molar-refractivity contribution in [3.63, 3.8) is 0 Å². The van der Waals surface area contributed by atoms with Crippen molar-refractivity contribution in [3.05, 3.63) is 28.8 Å². The Morgan fingerprint density at radius 1 is 1.24 bits per heavy atom. The molecule has 0 amide bonds. The molecule has 21 heavy (non-hydrogen) atoms. The number of piperidine rings is 1. The average Bonchev–Trinajstić information content (AvgIpc) is 2.46. The Morgan fingerprint density at radius 3 is 2.48 bits per heavy atom. The molecule has 118 valence electrons. The molecule has 0 unspecified atom stereocenters. The molecule has 1 fully saturated rings. The third-order valence-electron chi connectivity index (χ3n) is 3.68. The third kappa shape index (κ3) is 4.19. The maximum absolute atomic E-state index is 12.6. The lowest BCUT2D eigenvalue weighted by atomic mass is 10.2. The summed E-state index contributed by atoms with van der Waals surface area (Å²) in [5.74, 6) is 0. The van der Waals surface area contributed by atoms with Crippen molar-refractivity contribution in [2.24, 2.45) is 0 Å². The largest absolute Gasteiger partial charge is 0.310 e. The van der Waals surface area contributed by atoms with Gasteiger partial charge in [0.15, 0.2) is 0 Å². The highest BCUT2D eigenvalue weighted by molar-refractivity contribution is 7.89. The van der Waals surface area contributed by atoms with Gasteiger partial charge in [-0.3, -0.25) is 0 Å². The molecule has 1 aromatic rings. The van der Waals surface area contributed by atoms with Crippen LogP contribution in [0.2, 0.25) is 5.02 Å². The first kappa shape index (κ1) is 16.7. The van der Waals surface area contributed by atoms with Crippen LogP contribution in [-0.2, 0) is 16.6 Å². The number of nitrogens with one attached hydrogen (secondary N) is 1. The molecular formula is C15H23ClN2O2S. The second-order valence-electron chi connectivity index (χ2n) is 5.75. The van der Waals surface area contributed by atoms with Gasteiger partial charge in [-0.1, -0.05) is 37.9 Å². The molecule has 1 aliphatic rings. The zero-order valence-electron chi connectivity index (χ0n) is 12.6. The highest BCUT2D eigenvalue weighted by Gasteiger charge is 2.26. The summed E-state index contributed by atoms with van der Waals surface area (Å²) in [4.78, 5) is 0.294. The van der Waals surface area contributed by atoms with Gasteiger partial charge in [-0.05, 0) is 30.5 Å². The van der Waals surface area contributed by atoms with Gasteiger partial charge in [0.25, 0.3) is 0 Å². The molecule has 1 saturated heterocycles. The zero-order valence-corrected chi connectivity index (χ0v) is 14.2. The second-order valence-corrected chi connectivity index (χ2v) is 8.10. The quantitative estimate of drug-likeness (QED) is 0.902. The standard InChI is InChI=1S/C15H23ClN2O2S/c1-12(2)17-11-13-6-7-14(10-15(13)16)21(19,20)18-8-4-3-5-9-18/h6-7,10,12,17H,3-5,8-9,11H2,1-2H3. The minimum absolute atomic E-state index is 0.294. The van der Waals surface area contributed by atoms with Gasteiger partial charge in [0.05, 0.1) is 4.90 Å². The van der Waals surface area contributed by atoms with E-state index >= 15 is 0 Å². The van der Waals surface area contributed by atoms with Crippen LogP contribution in [0.15, 0.2) is 23.1 Å². The minimum atomic E-state index is -3.40. The molecule has 1 aromatic carbocycles. The summed E-state index contributed by atoms with van der Waals surface area (Å²) in [5, 5.41) is 3.78. The van der Waals surface area contributed by atoms with Gasteiger partial charge in [0, 0.05) is 30.7 Å². The lowest BCUT2D eigenvalue weighted by Crippen LogP contribution is -2.35. The molecule has 1 N–H and O–H groups in total. The maximum Gasteiger partial charge on any atom is 0.243 e. The van der Waals surface area contributed by atoms with Crippen molar-refractivity contribution in [1.82, 2.24) is 9.62 Å². The summed E-state index contributed by atoms with van der Waals surface area (Å²) in [6, 6.07) is 5.39. The van der Waals surface area contributed by atoms with Gasteiger partial charge in [0.2, 0.25) is 10.0 Å². The average molecular weight is 331 g/mol. The maximum atomic E-state index is 12.6. The molecule has 0 bridgehead atoms. The first-order valence-corrected chi connectivity index (χ1v) is 9.25. The van der Waals surface area contributed by atoms with Crippen LogP contribution >= 0.6 is 11.6 Å². The van der Waals surface area contributed by atoms with Crippen LogP contribution in [0.5, 0.6) is 0 Å². The summed E-state index contributed by atoms with van der Waals surface area (Å²) in [5.41, 5.74) is 0.919. The number of benzene rings is 1. The monoisotopic (exact) mass is 330 g/mol.